The van der Waals surface area contributed by atoms with Crippen LogP contribution in [0.15, 0.2) is 29.2 Å². The molecule has 1 N–H and O–H groups in total. The second kappa shape index (κ2) is 6.86. The van der Waals surface area contributed by atoms with Gasteiger partial charge in [-0.25, -0.2) is 0 Å². The summed E-state index contributed by atoms with van der Waals surface area (Å²) in [6.45, 7) is 6.86. The van der Waals surface area contributed by atoms with E-state index < -0.39 is 34.2 Å². The SMILES string of the molecule is Cc1ccc(S(=O)(=O)OC[C@@H]2OC(C)(C)O[C@H]2C[C@@H](C)O)cc1. The standard InChI is InChI=1S/C16H24O6S/c1-11-5-7-13(8-6-11)23(18,19)20-10-15-14(9-12(2)17)21-16(3,4)22-15/h5-8,12,14-15,17H,9-10H2,1-4H3/t12-,14+,15+/m1/s1. The predicted molar refractivity (Wildman–Crippen MR) is 84.4 cm³/mol. The molecule has 0 spiro atoms. The third-order valence-electron chi connectivity index (χ3n) is 3.56. The van der Waals surface area contributed by atoms with E-state index in [9.17, 15) is 13.5 Å². The Labute approximate surface area is 137 Å². The van der Waals surface area contributed by atoms with Crippen molar-refractivity contribution in [1.82, 2.24) is 0 Å². The number of rotatable bonds is 6. The van der Waals surface area contributed by atoms with Crippen LogP contribution < -0.4 is 0 Å². The largest absolute Gasteiger partial charge is 0.393 e. The minimum absolute atomic E-state index is 0.105. The van der Waals surface area contributed by atoms with Gasteiger partial charge in [0.05, 0.1) is 23.7 Å². The highest BCUT2D eigenvalue weighted by molar-refractivity contribution is 7.86. The van der Waals surface area contributed by atoms with Crippen LogP contribution in [0.5, 0.6) is 0 Å². The molecule has 0 aromatic heterocycles. The Hall–Kier alpha value is -0.990. The molecule has 1 heterocycles. The minimum Gasteiger partial charge on any atom is -0.393 e. The van der Waals surface area contributed by atoms with Gasteiger partial charge < -0.3 is 14.6 Å². The Morgan fingerprint density at radius 2 is 1.78 bits per heavy atom. The first-order valence-corrected chi connectivity index (χ1v) is 9.00. The lowest BCUT2D eigenvalue weighted by Gasteiger charge is -2.18. The fourth-order valence-corrected chi connectivity index (χ4v) is 3.43. The van der Waals surface area contributed by atoms with Gasteiger partial charge in [0.1, 0.15) is 6.10 Å². The van der Waals surface area contributed by atoms with Crippen molar-refractivity contribution >= 4 is 10.1 Å². The van der Waals surface area contributed by atoms with Crippen molar-refractivity contribution in [2.24, 2.45) is 0 Å². The molecule has 0 amide bonds. The van der Waals surface area contributed by atoms with Crippen LogP contribution >= 0.6 is 0 Å². The van der Waals surface area contributed by atoms with Crippen LogP contribution in [0.4, 0.5) is 0 Å². The molecule has 0 unspecified atom stereocenters. The second-order valence-electron chi connectivity index (χ2n) is 6.35. The number of hydrogen-bond donors (Lipinski definition) is 1. The molecule has 1 saturated heterocycles. The monoisotopic (exact) mass is 344 g/mol. The van der Waals surface area contributed by atoms with E-state index in [4.69, 9.17) is 13.7 Å². The van der Waals surface area contributed by atoms with E-state index in [1.807, 2.05) is 6.92 Å². The Balaban J connectivity index is 2.04. The maximum Gasteiger partial charge on any atom is 0.297 e. The van der Waals surface area contributed by atoms with Crippen molar-refractivity contribution in [2.45, 2.75) is 63.1 Å². The first-order valence-electron chi connectivity index (χ1n) is 7.59. The van der Waals surface area contributed by atoms with Gasteiger partial charge >= 0.3 is 0 Å². The van der Waals surface area contributed by atoms with Gasteiger partial charge in [0.2, 0.25) is 0 Å². The zero-order valence-electron chi connectivity index (χ0n) is 13.9. The Morgan fingerprint density at radius 1 is 1.22 bits per heavy atom. The molecular formula is C16H24O6S. The number of aryl methyl sites for hydroxylation is 1. The quantitative estimate of drug-likeness (QED) is 0.795. The number of benzene rings is 1. The average molecular weight is 344 g/mol. The van der Waals surface area contributed by atoms with Gasteiger partial charge in [-0.15, -0.1) is 0 Å². The van der Waals surface area contributed by atoms with E-state index >= 15 is 0 Å². The number of hydrogen-bond acceptors (Lipinski definition) is 6. The summed E-state index contributed by atoms with van der Waals surface area (Å²) in [6.07, 6.45) is -1.20. The van der Waals surface area contributed by atoms with Crippen LogP contribution in [0.2, 0.25) is 0 Å². The molecule has 1 aliphatic heterocycles. The normalized spacial score (nSPS) is 25.4. The average Bonchev–Trinajstić information content (AvgIpc) is 2.70. The van der Waals surface area contributed by atoms with Crippen LogP contribution in [0, 0.1) is 6.92 Å². The first kappa shape index (κ1) is 18.4. The summed E-state index contributed by atoms with van der Waals surface area (Å²) in [5.41, 5.74) is 0.968. The molecule has 1 aromatic rings. The molecule has 0 saturated carbocycles. The van der Waals surface area contributed by atoms with Crippen molar-refractivity contribution in [3.63, 3.8) is 0 Å². The third-order valence-corrected chi connectivity index (χ3v) is 4.85. The highest BCUT2D eigenvalue weighted by atomic mass is 32.2. The van der Waals surface area contributed by atoms with E-state index in [1.54, 1.807) is 32.9 Å². The van der Waals surface area contributed by atoms with Crippen molar-refractivity contribution in [3.05, 3.63) is 29.8 Å². The summed E-state index contributed by atoms with van der Waals surface area (Å²) in [5.74, 6) is -0.832. The topological polar surface area (TPSA) is 82.1 Å². The maximum absolute atomic E-state index is 12.2. The van der Waals surface area contributed by atoms with Gasteiger partial charge in [-0.1, -0.05) is 17.7 Å². The molecule has 0 bridgehead atoms. The van der Waals surface area contributed by atoms with Crippen LogP contribution in [-0.2, 0) is 23.8 Å². The molecule has 0 aliphatic carbocycles. The number of aliphatic hydroxyl groups is 1. The lowest BCUT2D eigenvalue weighted by atomic mass is 10.1. The fraction of sp³-hybridized carbons (Fsp3) is 0.625. The summed E-state index contributed by atoms with van der Waals surface area (Å²) >= 11 is 0. The van der Waals surface area contributed by atoms with Crippen molar-refractivity contribution in [3.8, 4) is 0 Å². The summed E-state index contributed by atoms with van der Waals surface area (Å²) in [5, 5.41) is 9.54. The molecule has 1 aliphatic rings. The lowest BCUT2D eigenvalue weighted by molar-refractivity contribution is -0.150. The Morgan fingerprint density at radius 3 is 2.35 bits per heavy atom. The van der Waals surface area contributed by atoms with E-state index in [2.05, 4.69) is 0 Å². The van der Waals surface area contributed by atoms with E-state index in [0.717, 1.165) is 5.56 Å². The van der Waals surface area contributed by atoms with E-state index in [-0.39, 0.29) is 11.5 Å². The van der Waals surface area contributed by atoms with Crippen LogP contribution in [0.25, 0.3) is 0 Å². The molecule has 23 heavy (non-hydrogen) atoms. The van der Waals surface area contributed by atoms with E-state index in [1.165, 1.54) is 12.1 Å². The summed E-state index contributed by atoms with van der Waals surface area (Å²) < 4.78 is 41.0. The number of aliphatic hydroxyl groups excluding tert-OH is 1. The number of ether oxygens (including phenoxy) is 2. The summed E-state index contributed by atoms with van der Waals surface area (Å²) in [4.78, 5) is 0.105. The third kappa shape index (κ3) is 4.99. The summed E-state index contributed by atoms with van der Waals surface area (Å²) in [7, 11) is -3.85. The van der Waals surface area contributed by atoms with Crippen LogP contribution in [0.3, 0.4) is 0 Å². The summed E-state index contributed by atoms with van der Waals surface area (Å²) in [6, 6.07) is 6.44. The molecule has 130 valence electrons. The molecule has 6 nitrogen and oxygen atoms in total. The van der Waals surface area contributed by atoms with E-state index in [0.29, 0.717) is 6.42 Å². The zero-order chi connectivity index (χ0) is 17.3. The zero-order valence-corrected chi connectivity index (χ0v) is 14.7. The molecule has 1 fully saturated rings. The van der Waals surface area contributed by atoms with Gasteiger partial charge in [-0.05, 0) is 39.8 Å². The van der Waals surface area contributed by atoms with Gasteiger partial charge in [0.25, 0.3) is 10.1 Å². The highest BCUT2D eigenvalue weighted by Crippen LogP contribution is 2.31. The maximum atomic E-state index is 12.2. The fourth-order valence-electron chi connectivity index (χ4n) is 2.52. The van der Waals surface area contributed by atoms with Gasteiger partial charge in [0.15, 0.2) is 5.79 Å². The highest BCUT2D eigenvalue weighted by Gasteiger charge is 2.42. The molecular weight excluding hydrogens is 320 g/mol. The smallest absolute Gasteiger partial charge is 0.297 e. The van der Waals surface area contributed by atoms with Crippen molar-refractivity contribution in [1.29, 1.82) is 0 Å². The second-order valence-corrected chi connectivity index (χ2v) is 7.96. The minimum atomic E-state index is -3.85. The lowest BCUT2D eigenvalue weighted by Crippen LogP contribution is -2.31. The van der Waals surface area contributed by atoms with Gasteiger partial charge in [-0.2, -0.15) is 8.42 Å². The molecule has 1 aromatic carbocycles. The van der Waals surface area contributed by atoms with Gasteiger partial charge in [0, 0.05) is 6.42 Å². The predicted octanol–water partition coefficient (Wildman–Crippen LogP) is 1.99. The molecule has 3 atom stereocenters. The Kier molecular flexibility index (Phi) is 5.48. The van der Waals surface area contributed by atoms with Crippen molar-refractivity contribution < 1.29 is 27.2 Å². The van der Waals surface area contributed by atoms with Gasteiger partial charge in [-0.3, -0.25) is 4.18 Å². The van der Waals surface area contributed by atoms with Crippen LogP contribution in [0.1, 0.15) is 32.8 Å². The van der Waals surface area contributed by atoms with Crippen molar-refractivity contribution in [2.75, 3.05) is 6.61 Å². The molecule has 7 heteroatoms. The van der Waals surface area contributed by atoms with Crippen LogP contribution in [-0.4, -0.2) is 44.2 Å². The molecule has 2 rings (SSSR count). The molecule has 0 radical (unpaired) electrons. The Bertz CT molecular complexity index is 620. The first-order chi connectivity index (χ1) is 10.6.